The molecule has 0 saturated heterocycles. The molecular weight excluding hydrogens is 224 g/mol. The predicted molar refractivity (Wildman–Crippen MR) is 62.3 cm³/mol. The maximum Gasteiger partial charge on any atom is 0.233 e. The molecule has 2 rings (SSSR count). The topological polar surface area (TPSA) is 73.9 Å². The van der Waals surface area contributed by atoms with Gasteiger partial charge in [0, 0.05) is 17.5 Å². The Kier molecular flexibility index (Phi) is 3.12. The summed E-state index contributed by atoms with van der Waals surface area (Å²) >= 11 is 1.55. The van der Waals surface area contributed by atoms with Crippen LogP contribution in [-0.2, 0) is 6.54 Å². The fraction of sp³-hybridized carbons (Fsp3) is 0.300. The van der Waals surface area contributed by atoms with E-state index in [0.717, 1.165) is 21.3 Å². The molecule has 0 fully saturated rings. The summed E-state index contributed by atoms with van der Waals surface area (Å²) in [6.07, 6.45) is 0. The first-order valence-corrected chi connectivity index (χ1v) is 5.60. The van der Waals surface area contributed by atoms with Crippen LogP contribution >= 0.6 is 11.3 Å². The summed E-state index contributed by atoms with van der Waals surface area (Å²) < 4.78 is 4.94. The van der Waals surface area contributed by atoms with Gasteiger partial charge in [-0.1, -0.05) is 0 Å². The number of thiazole rings is 1. The number of aromatic nitrogens is 3. The molecule has 0 unspecified atom stereocenters. The minimum Gasteiger partial charge on any atom is -0.480 e. The minimum absolute atomic E-state index is 0.496. The van der Waals surface area contributed by atoms with Gasteiger partial charge in [0.15, 0.2) is 0 Å². The van der Waals surface area contributed by atoms with E-state index in [1.807, 2.05) is 13.0 Å². The summed E-state index contributed by atoms with van der Waals surface area (Å²) in [5.74, 6) is 0.496. The maximum absolute atomic E-state index is 5.60. The van der Waals surface area contributed by atoms with Crippen LogP contribution in [0.4, 0.5) is 0 Å². The molecule has 0 radical (unpaired) electrons. The zero-order valence-electron chi connectivity index (χ0n) is 9.10. The van der Waals surface area contributed by atoms with E-state index >= 15 is 0 Å². The van der Waals surface area contributed by atoms with Crippen LogP contribution in [0.5, 0.6) is 5.88 Å². The van der Waals surface area contributed by atoms with E-state index in [1.54, 1.807) is 24.5 Å². The number of aryl methyl sites for hydroxylation is 1. The molecule has 0 saturated carbocycles. The minimum atomic E-state index is 0.496. The van der Waals surface area contributed by atoms with Crippen LogP contribution in [0, 0.1) is 6.92 Å². The van der Waals surface area contributed by atoms with Crippen LogP contribution in [0.15, 0.2) is 12.1 Å². The third-order valence-electron chi connectivity index (χ3n) is 2.15. The fourth-order valence-electron chi connectivity index (χ4n) is 1.27. The summed E-state index contributed by atoms with van der Waals surface area (Å²) in [5.41, 5.74) is 7.30. The second kappa shape index (κ2) is 4.54. The quantitative estimate of drug-likeness (QED) is 0.871. The van der Waals surface area contributed by atoms with Crippen molar-refractivity contribution in [2.75, 3.05) is 7.11 Å². The normalized spacial score (nSPS) is 10.4. The molecule has 2 aromatic rings. The van der Waals surface area contributed by atoms with Gasteiger partial charge in [-0.3, -0.25) is 0 Å². The largest absolute Gasteiger partial charge is 0.480 e. The van der Waals surface area contributed by atoms with E-state index in [9.17, 15) is 0 Å². The lowest BCUT2D eigenvalue weighted by molar-refractivity contribution is 0.392. The maximum atomic E-state index is 5.60. The molecule has 5 nitrogen and oxygen atoms in total. The number of methoxy groups -OCH3 is 1. The summed E-state index contributed by atoms with van der Waals surface area (Å²) in [4.78, 5) is 5.48. The summed E-state index contributed by atoms with van der Waals surface area (Å²) in [5, 5.41) is 8.78. The standard InChI is InChI=1S/C10H12N4OS/c1-6-8(5-11)16-10(12-6)7-3-4-9(15-2)14-13-7/h3-4H,5,11H2,1-2H3. The fourth-order valence-corrected chi connectivity index (χ4v) is 2.18. The second-order valence-corrected chi connectivity index (χ2v) is 4.28. The molecule has 0 atom stereocenters. The lowest BCUT2D eigenvalue weighted by Crippen LogP contribution is -1.94. The molecule has 2 N–H and O–H groups in total. The molecule has 0 aliphatic heterocycles. The van der Waals surface area contributed by atoms with Crippen LogP contribution in [0.2, 0.25) is 0 Å². The van der Waals surface area contributed by atoms with Gasteiger partial charge >= 0.3 is 0 Å². The number of nitrogens with two attached hydrogens (primary N) is 1. The summed E-state index contributed by atoms with van der Waals surface area (Å²) in [6, 6.07) is 3.60. The second-order valence-electron chi connectivity index (χ2n) is 3.19. The van der Waals surface area contributed by atoms with Gasteiger partial charge in [0.1, 0.15) is 10.7 Å². The van der Waals surface area contributed by atoms with Gasteiger partial charge < -0.3 is 10.5 Å². The molecule has 0 aliphatic carbocycles. The first-order valence-electron chi connectivity index (χ1n) is 4.79. The molecule has 6 heteroatoms. The van der Waals surface area contributed by atoms with Crippen LogP contribution in [0.25, 0.3) is 10.7 Å². The van der Waals surface area contributed by atoms with Gasteiger partial charge in [-0.05, 0) is 13.0 Å². The zero-order chi connectivity index (χ0) is 11.5. The first-order chi connectivity index (χ1) is 7.74. The average molecular weight is 236 g/mol. The SMILES string of the molecule is COc1ccc(-c2nc(C)c(CN)s2)nn1. The van der Waals surface area contributed by atoms with Crippen molar-refractivity contribution in [3.05, 3.63) is 22.7 Å². The van der Waals surface area contributed by atoms with Crippen LogP contribution in [-0.4, -0.2) is 22.3 Å². The third kappa shape index (κ3) is 2.02. The third-order valence-corrected chi connectivity index (χ3v) is 3.35. The van der Waals surface area contributed by atoms with E-state index in [1.165, 1.54) is 0 Å². The van der Waals surface area contributed by atoms with Crippen LogP contribution < -0.4 is 10.5 Å². The smallest absolute Gasteiger partial charge is 0.233 e. The Morgan fingerprint density at radius 2 is 2.19 bits per heavy atom. The number of nitrogens with zero attached hydrogens (tertiary/aromatic N) is 3. The van der Waals surface area contributed by atoms with E-state index in [0.29, 0.717) is 12.4 Å². The average Bonchev–Trinajstić information content (AvgIpc) is 2.71. The van der Waals surface area contributed by atoms with Crippen molar-refractivity contribution in [1.82, 2.24) is 15.2 Å². The van der Waals surface area contributed by atoms with Crippen molar-refractivity contribution in [3.63, 3.8) is 0 Å². The Labute approximate surface area is 97.3 Å². The van der Waals surface area contributed by atoms with Crippen LogP contribution in [0.1, 0.15) is 10.6 Å². The Morgan fingerprint density at radius 1 is 1.38 bits per heavy atom. The van der Waals surface area contributed by atoms with Gasteiger partial charge in [0.25, 0.3) is 0 Å². The van der Waals surface area contributed by atoms with E-state index in [4.69, 9.17) is 10.5 Å². The summed E-state index contributed by atoms with van der Waals surface area (Å²) in [7, 11) is 1.56. The highest BCUT2D eigenvalue weighted by atomic mass is 32.1. The van der Waals surface area contributed by atoms with Gasteiger partial charge in [-0.25, -0.2) is 4.98 Å². The highest BCUT2D eigenvalue weighted by molar-refractivity contribution is 7.15. The van der Waals surface area contributed by atoms with Crippen molar-refractivity contribution < 1.29 is 4.74 Å². The number of hydrogen-bond acceptors (Lipinski definition) is 6. The molecule has 0 aromatic carbocycles. The Hall–Kier alpha value is -1.53. The Bertz CT molecular complexity index is 480. The first kappa shape index (κ1) is 11.0. The van der Waals surface area contributed by atoms with Gasteiger partial charge in [-0.2, -0.15) is 0 Å². The van der Waals surface area contributed by atoms with Gasteiger partial charge in [-0.15, -0.1) is 21.5 Å². The van der Waals surface area contributed by atoms with Crippen molar-refractivity contribution in [1.29, 1.82) is 0 Å². The Morgan fingerprint density at radius 3 is 2.69 bits per heavy atom. The number of hydrogen-bond donors (Lipinski definition) is 1. The van der Waals surface area contributed by atoms with Crippen LogP contribution in [0.3, 0.4) is 0 Å². The number of ether oxygens (including phenoxy) is 1. The Balaban J connectivity index is 2.34. The molecule has 84 valence electrons. The molecule has 16 heavy (non-hydrogen) atoms. The van der Waals surface area contributed by atoms with E-state index in [2.05, 4.69) is 15.2 Å². The number of rotatable bonds is 3. The van der Waals surface area contributed by atoms with E-state index in [-0.39, 0.29) is 0 Å². The molecule has 0 bridgehead atoms. The molecule has 2 aromatic heterocycles. The highest BCUT2D eigenvalue weighted by Crippen LogP contribution is 2.26. The lowest BCUT2D eigenvalue weighted by atomic mass is 10.4. The molecular formula is C10H12N4OS. The predicted octanol–water partition coefficient (Wildman–Crippen LogP) is 1.38. The van der Waals surface area contributed by atoms with Crippen molar-refractivity contribution in [2.24, 2.45) is 5.73 Å². The van der Waals surface area contributed by atoms with Crippen molar-refractivity contribution >= 4 is 11.3 Å². The zero-order valence-corrected chi connectivity index (χ0v) is 9.91. The highest BCUT2D eigenvalue weighted by Gasteiger charge is 2.09. The van der Waals surface area contributed by atoms with Crippen molar-refractivity contribution in [3.8, 4) is 16.6 Å². The molecule has 0 aliphatic rings. The summed E-state index contributed by atoms with van der Waals surface area (Å²) in [6.45, 7) is 2.45. The van der Waals surface area contributed by atoms with E-state index < -0.39 is 0 Å². The van der Waals surface area contributed by atoms with Gasteiger partial charge in [0.2, 0.25) is 5.88 Å². The lowest BCUT2D eigenvalue weighted by Gasteiger charge is -1.97. The molecule has 0 amide bonds. The monoisotopic (exact) mass is 236 g/mol. The van der Waals surface area contributed by atoms with Gasteiger partial charge in [0.05, 0.1) is 12.8 Å². The molecule has 0 spiro atoms. The van der Waals surface area contributed by atoms with Crippen molar-refractivity contribution in [2.45, 2.75) is 13.5 Å². The molecule has 2 heterocycles.